The minimum absolute atomic E-state index is 0.0545. The highest BCUT2D eigenvalue weighted by molar-refractivity contribution is 5.96. The SMILES string of the molecule is NC(=O)c1cncc([N+](=O)[O-])c1OC1CC1. The Hall–Kier alpha value is -2.18. The lowest BCUT2D eigenvalue weighted by atomic mass is 10.2. The molecule has 7 nitrogen and oxygen atoms in total. The molecule has 0 aliphatic heterocycles. The van der Waals surface area contributed by atoms with Crippen molar-refractivity contribution in [2.45, 2.75) is 18.9 Å². The molecule has 1 saturated carbocycles. The third-order valence-electron chi connectivity index (χ3n) is 2.15. The van der Waals surface area contributed by atoms with Gasteiger partial charge in [-0.15, -0.1) is 0 Å². The van der Waals surface area contributed by atoms with Crippen LogP contribution in [0.25, 0.3) is 0 Å². The molecular formula is C9H9N3O4. The van der Waals surface area contributed by atoms with E-state index in [1.54, 1.807) is 0 Å². The summed E-state index contributed by atoms with van der Waals surface area (Å²) in [5, 5.41) is 10.7. The lowest BCUT2D eigenvalue weighted by Gasteiger charge is -2.07. The van der Waals surface area contributed by atoms with E-state index in [0.29, 0.717) is 0 Å². The summed E-state index contributed by atoms with van der Waals surface area (Å²) in [4.78, 5) is 24.8. The molecule has 2 rings (SSSR count). The maximum atomic E-state index is 11.1. The second-order valence-corrected chi connectivity index (χ2v) is 3.47. The van der Waals surface area contributed by atoms with Crippen LogP contribution in [0.3, 0.4) is 0 Å². The minimum Gasteiger partial charge on any atom is -0.483 e. The largest absolute Gasteiger partial charge is 0.483 e. The normalized spacial score (nSPS) is 14.5. The molecule has 84 valence electrons. The molecule has 16 heavy (non-hydrogen) atoms. The van der Waals surface area contributed by atoms with E-state index in [1.807, 2.05) is 0 Å². The van der Waals surface area contributed by atoms with Crippen molar-refractivity contribution in [1.82, 2.24) is 4.98 Å². The van der Waals surface area contributed by atoms with E-state index in [2.05, 4.69) is 4.98 Å². The van der Waals surface area contributed by atoms with Crippen LogP contribution in [0, 0.1) is 10.1 Å². The van der Waals surface area contributed by atoms with E-state index in [4.69, 9.17) is 10.5 Å². The highest BCUT2D eigenvalue weighted by Crippen LogP contribution is 2.35. The van der Waals surface area contributed by atoms with Crippen LogP contribution in [0.5, 0.6) is 5.75 Å². The Kier molecular flexibility index (Phi) is 2.43. The van der Waals surface area contributed by atoms with Crippen molar-refractivity contribution >= 4 is 11.6 Å². The van der Waals surface area contributed by atoms with Crippen molar-refractivity contribution < 1.29 is 14.5 Å². The average Bonchev–Trinajstić information content (AvgIpc) is 3.01. The number of nitro groups is 1. The van der Waals surface area contributed by atoms with Crippen LogP contribution in [-0.4, -0.2) is 21.9 Å². The van der Waals surface area contributed by atoms with Gasteiger partial charge in [-0.3, -0.25) is 19.9 Å². The molecule has 0 aromatic carbocycles. The molecule has 1 fully saturated rings. The molecule has 1 aromatic rings. The number of carbonyl (C=O) groups excluding carboxylic acids is 1. The number of nitrogens with two attached hydrogens (primary N) is 1. The van der Waals surface area contributed by atoms with Gasteiger partial charge in [-0.2, -0.15) is 0 Å². The summed E-state index contributed by atoms with van der Waals surface area (Å²) in [6, 6.07) is 0. The van der Waals surface area contributed by atoms with Crippen LogP contribution >= 0.6 is 0 Å². The second-order valence-electron chi connectivity index (χ2n) is 3.47. The lowest BCUT2D eigenvalue weighted by molar-refractivity contribution is -0.386. The highest BCUT2D eigenvalue weighted by Gasteiger charge is 2.30. The molecule has 0 spiro atoms. The summed E-state index contributed by atoms with van der Waals surface area (Å²) < 4.78 is 5.33. The van der Waals surface area contributed by atoms with Crippen LogP contribution in [0.4, 0.5) is 5.69 Å². The van der Waals surface area contributed by atoms with Crippen LogP contribution in [-0.2, 0) is 0 Å². The maximum absolute atomic E-state index is 11.1. The van der Waals surface area contributed by atoms with Gasteiger partial charge < -0.3 is 10.5 Å². The number of nitrogens with zero attached hydrogens (tertiary/aromatic N) is 2. The zero-order valence-electron chi connectivity index (χ0n) is 8.25. The van der Waals surface area contributed by atoms with E-state index in [0.717, 1.165) is 19.0 Å². The Morgan fingerprint density at radius 2 is 2.25 bits per heavy atom. The smallest absolute Gasteiger partial charge is 0.329 e. The van der Waals surface area contributed by atoms with Crippen molar-refractivity contribution in [3.05, 3.63) is 28.1 Å². The molecule has 7 heteroatoms. The van der Waals surface area contributed by atoms with Gasteiger partial charge in [0.1, 0.15) is 11.8 Å². The second kappa shape index (κ2) is 3.76. The van der Waals surface area contributed by atoms with Crippen molar-refractivity contribution in [1.29, 1.82) is 0 Å². The first-order chi connectivity index (χ1) is 7.59. The third kappa shape index (κ3) is 1.92. The first-order valence-corrected chi connectivity index (χ1v) is 4.68. The van der Waals surface area contributed by atoms with Crippen molar-refractivity contribution in [2.24, 2.45) is 5.73 Å². The Morgan fingerprint density at radius 1 is 1.56 bits per heavy atom. The maximum Gasteiger partial charge on any atom is 0.329 e. The number of hydrogen-bond acceptors (Lipinski definition) is 5. The number of carbonyl (C=O) groups is 1. The lowest BCUT2D eigenvalue weighted by Crippen LogP contribution is -2.15. The van der Waals surface area contributed by atoms with Crippen molar-refractivity contribution in [2.75, 3.05) is 0 Å². The molecule has 0 atom stereocenters. The predicted molar refractivity (Wildman–Crippen MR) is 53.1 cm³/mol. The van der Waals surface area contributed by atoms with Crippen molar-refractivity contribution in [3.8, 4) is 5.75 Å². The van der Waals surface area contributed by atoms with Gasteiger partial charge in [-0.1, -0.05) is 0 Å². The Bertz CT molecular complexity index is 424. The number of ether oxygens (including phenoxy) is 1. The van der Waals surface area contributed by atoms with Gasteiger partial charge in [0.25, 0.3) is 5.91 Å². The van der Waals surface area contributed by atoms with Gasteiger partial charge in [0.2, 0.25) is 5.75 Å². The fraction of sp³-hybridized carbons (Fsp3) is 0.333. The molecule has 0 saturated heterocycles. The van der Waals surface area contributed by atoms with E-state index in [-0.39, 0.29) is 23.1 Å². The number of rotatable bonds is 4. The molecule has 1 aromatic heterocycles. The van der Waals surface area contributed by atoms with Gasteiger partial charge in [0.05, 0.1) is 11.0 Å². The number of aromatic nitrogens is 1. The average molecular weight is 223 g/mol. The zero-order chi connectivity index (χ0) is 11.7. The molecule has 0 bridgehead atoms. The molecule has 1 aliphatic rings. The Balaban J connectivity index is 2.47. The van der Waals surface area contributed by atoms with Crippen molar-refractivity contribution in [3.63, 3.8) is 0 Å². The van der Waals surface area contributed by atoms with E-state index in [9.17, 15) is 14.9 Å². The monoisotopic (exact) mass is 223 g/mol. The van der Waals surface area contributed by atoms with Gasteiger partial charge in [-0.25, -0.2) is 0 Å². The molecular weight excluding hydrogens is 214 g/mol. The molecule has 1 amide bonds. The van der Waals surface area contributed by atoms with Gasteiger partial charge in [-0.05, 0) is 12.8 Å². The van der Waals surface area contributed by atoms with E-state index >= 15 is 0 Å². The summed E-state index contributed by atoms with van der Waals surface area (Å²) >= 11 is 0. The summed E-state index contributed by atoms with van der Waals surface area (Å²) in [6.45, 7) is 0. The molecule has 0 unspecified atom stereocenters. The fourth-order valence-electron chi connectivity index (χ4n) is 1.22. The van der Waals surface area contributed by atoms with Crippen LogP contribution in [0.2, 0.25) is 0 Å². The number of hydrogen-bond donors (Lipinski definition) is 1. The summed E-state index contributed by atoms with van der Waals surface area (Å²) in [5.41, 5.74) is 4.71. The van der Waals surface area contributed by atoms with E-state index in [1.165, 1.54) is 6.20 Å². The Morgan fingerprint density at radius 3 is 2.75 bits per heavy atom. The first-order valence-electron chi connectivity index (χ1n) is 4.68. The quantitative estimate of drug-likeness (QED) is 0.594. The van der Waals surface area contributed by atoms with Gasteiger partial charge in [0, 0.05) is 6.20 Å². The molecule has 1 aliphatic carbocycles. The van der Waals surface area contributed by atoms with E-state index < -0.39 is 10.8 Å². The standard InChI is InChI=1S/C9H9N3O4/c10-9(13)6-3-11-4-7(12(14)15)8(6)16-5-1-2-5/h3-5H,1-2H2,(H2,10,13). The first kappa shape index (κ1) is 10.3. The topological polar surface area (TPSA) is 108 Å². The number of primary amides is 1. The Labute approximate surface area is 90.4 Å². The predicted octanol–water partition coefficient (Wildman–Crippen LogP) is 0.630. The molecule has 0 radical (unpaired) electrons. The third-order valence-corrected chi connectivity index (χ3v) is 2.15. The fourth-order valence-corrected chi connectivity index (χ4v) is 1.22. The minimum atomic E-state index is -0.785. The summed E-state index contributed by atoms with van der Waals surface area (Å²) in [6.07, 6.45) is 3.83. The van der Waals surface area contributed by atoms with Crippen LogP contribution in [0.15, 0.2) is 12.4 Å². The molecule has 1 heterocycles. The highest BCUT2D eigenvalue weighted by atomic mass is 16.6. The number of pyridine rings is 1. The summed E-state index contributed by atoms with van der Waals surface area (Å²) in [5.74, 6) is -0.859. The van der Waals surface area contributed by atoms with Gasteiger partial charge in [0.15, 0.2) is 0 Å². The molecule has 2 N–H and O–H groups in total. The number of amides is 1. The van der Waals surface area contributed by atoms with Crippen LogP contribution < -0.4 is 10.5 Å². The summed E-state index contributed by atoms with van der Waals surface area (Å²) in [7, 11) is 0. The zero-order valence-corrected chi connectivity index (χ0v) is 8.25. The van der Waals surface area contributed by atoms with Gasteiger partial charge >= 0.3 is 5.69 Å². The van der Waals surface area contributed by atoms with Crippen LogP contribution in [0.1, 0.15) is 23.2 Å².